The van der Waals surface area contributed by atoms with E-state index in [-0.39, 0.29) is 0 Å². The van der Waals surface area contributed by atoms with Crippen molar-refractivity contribution >= 4 is 0 Å². The quantitative estimate of drug-likeness (QED) is 0.880. The normalized spacial score (nSPS) is 16.7. The number of nitrogens with one attached hydrogen (secondary N) is 1. The van der Waals surface area contributed by atoms with Crippen LogP contribution in [0.1, 0.15) is 49.3 Å². The minimum Gasteiger partial charge on any atom is -0.342 e. The average Bonchev–Trinajstić information content (AvgIpc) is 2.98. The molecule has 1 aromatic heterocycles. The van der Waals surface area contributed by atoms with E-state index in [1.54, 1.807) is 0 Å². The molecule has 0 aliphatic heterocycles. The highest BCUT2D eigenvalue weighted by Crippen LogP contribution is 2.32. The molecule has 0 unspecified atom stereocenters. The summed E-state index contributed by atoms with van der Waals surface area (Å²) in [6.07, 6.45) is 8.70. The van der Waals surface area contributed by atoms with Crippen LogP contribution in [0.3, 0.4) is 0 Å². The first-order chi connectivity index (χ1) is 9.36. The van der Waals surface area contributed by atoms with Crippen molar-refractivity contribution in [3.63, 3.8) is 0 Å². The van der Waals surface area contributed by atoms with Crippen LogP contribution >= 0.6 is 0 Å². The molecule has 1 aromatic carbocycles. The zero-order valence-electron chi connectivity index (χ0n) is 11.2. The lowest BCUT2D eigenvalue weighted by Crippen LogP contribution is -2.04. The minimum absolute atomic E-state index is 0.589. The molecule has 1 fully saturated rings. The average molecular weight is 255 g/mol. The molecule has 3 nitrogen and oxygen atoms in total. The number of aromatic nitrogens is 2. The molecular weight excluding hydrogens is 234 g/mol. The van der Waals surface area contributed by atoms with Crippen LogP contribution in [0, 0.1) is 0 Å². The molecule has 2 aromatic rings. The van der Waals surface area contributed by atoms with Gasteiger partial charge in [-0.05, 0) is 18.4 Å². The monoisotopic (exact) mass is 255 g/mol. The lowest BCUT2D eigenvalue weighted by atomic mass is 9.87. The van der Waals surface area contributed by atoms with Gasteiger partial charge in [-0.2, -0.15) is 0 Å². The number of aromatic amines is 1. The number of H-pyrrole nitrogens is 1. The highest BCUT2D eigenvalue weighted by atomic mass is 14.9. The highest BCUT2D eigenvalue weighted by Gasteiger charge is 2.17. The fraction of sp³-hybridized carbons (Fsp3) is 0.438. The zero-order chi connectivity index (χ0) is 13.1. The summed E-state index contributed by atoms with van der Waals surface area (Å²) in [4.78, 5) is 8.02. The molecule has 0 radical (unpaired) electrons. The fourth-order valence-electron chi connectivity index (χ4n) is 2.90. The van der Waals surface area contributed by atoms with Crippen LogP contribution in [0.15, 0.2) is 30.5 Å². The van der Waals surface area contributed by atoms with Gasteiger partial charge in [0.25, 0.3) is 0 Å². The number of imidazole rings is 1. The first-order valence-electron chi connectivity index (χ1n) is 7.21. The molecule has 3 rings (SSSR count). The van der Waals surface area contributed by atoms with Crippen LogP contribution < -0.4 is 5.73 Å². The first kappa shape index (κ1) is 12.4. The summed E-state index contributed by atoms with van der Waals surface area (Å²) in [5.74, 6) is 1.66. The van der Waals surface area contributed by atoms with Gasteiger partial charge in [-0.1, -0.05) is 43.5 Å². The lowest BCUT2D eigenvalue weighted by Gasteiger charge is -2.19. The van der Waals surface area contributed by atoms with Crippen LogP contribution in [0.5, 0.6) is 0 Å². The van der Waals surface area contributed by atoms with Crippen LogP contribution in [-0.2, 0) is 6.54 Å². The highest BCUT2D eigenvalue weighted by molar-refractivity contribution is 5.55. The SMILES string of the molecule is NCc1ccc(-c2ncc(C3CCCCC3)[nH]2)cc1. The van der Waals surface area contributed by atoms with Gasteiger partial charge in [0.1, 0.15) is 5.82 Å². The summed E-state index contributed by atoms with van der Waals surface area (Å²) in [7, 11) is 0. The van der Waals surface area contributed by atoms with Gasteiger partial charge >= 0.3 is 0 Å². The first-order valence-corrected chi connectivity index (χ1v) is 7.21. The van der Waals surface area contributed by atoms with Crippen LogP contribution in [0.4, 0.5) is 0 Å². The third kappa shape index (κ3) is 2.71. The summed E-state index contributed by atoms with van der Waals surface area (Å²) in [6.45, 7) is 0.589. The predicted molar refractivity (Wildman–Crippen MR) is 77.7 cm³/mol. The molecular formula is C16H21N3. The summed E-state index contributed by atoms with van der Waals surface area (Å²) >= 11 is 0. The van der Waals surface area contributed by atoms with Crippen LogP contribution in [0.25, 0.3) is 11.4 Å². The second kappa shape index (κ2) is 5.57. The molecule has 1 heterocycles. The summed E-state index contributed by atoms with van der Waals surface area (Å²) < 4.78 is 0. The lowest BCUT2D eigenvalue weighted by molar-refractivity contribution is 0.438. The Kier molecular flexibility index (Phi) is 3.65. The molecule has 0 spiro atoms. The van der Waals surface area contributed by atoms with E-state index in [1.165, 1.54) is 37.8 Å². The summed E-state index contributed by atoms with van der Waals surface area (Å²) in [5, 5.41) is 0. The Labute approximate surface area is 114 Å². The minimum atomic E-state index is 0.589. The third-order valence-electron chi connectivity index (χ3n) is 4.10. The van der Waals surface area contributed by atoms with E-state index in [1.807, 2.05) is 6.20 Å². The smallest absolute Gasteiger partial charge is 0.137 e. The Morgan fingerprint density at radius 3 is 2.53 bits per heavy atom. The van der Waals surface area contributed by atoms with Crippen LogP contribution in [0.2, 0.25) is 0 Å². The Bertz CT molecular complexity index is 521. The van der Waals surface area contributed by atoms with Gasteiger partial charge in [-0.15, -0.1) is 0 Å². The van der Waals surface area contributed by atoms with Crippen molar-refractivity contribution in [2.24, 2.45) is 5.73 Å². The predicted octanol–water partition coefficient (Wildman–Crippen LogP) is 3.58. The maximum absolute atomic E-state index is 5.62. The second-order valence-corrected chi connectivity index (χ2v) is 5.42. The largest absolute Gasteiger partial charge is 0.342 e. The van der Waals surface area contributed by atoms with E-state index in [0.29, 0.717) is 12.5 Å². The van der Waals surface area contributed by atoms with Crippen molar-refractivity contribution in [2.45, 2.75) is 44.6 Å². The van der Waals surface area contributed by atoms with Crippen molar-refractivity contribution in [3.8, 4) is 11.4 Å². The summed E-state index contributed by atoms with van der Waals surface area (Å²) in [5.41, 5.74) is 9.21. The van der Waals surface area contributed by atoms with Gasteiger partial charge in [-0.3, -0.25) is 0 Å². The summed E-state index contributed by atoms with van der Waals surface area (Å²) in [6, 6.07) is 8.31. The van der Waals surface area contributed by atoms with E-state index < -0.39 is 0 Å². The molecule has 1 saturated carbocycles. The van der Waals surface area contributed by atoms with E-state index in [4.69, 9.17) is 5.73 Å². The van der Waals surface area contributed by atoms with Gasteiger partial charge in [0.15, 0.2) is 0 Å². The van der Waals surface area contributed by atoms with Gasteiger partial charge in [0.2, 0.25) is 0 Å². The Balaban J connectivity index is 1.79. The number of nitrogens with two attached hydrogens (primary N) is 1. The number of benzene rings is 1. The van der Waals surface area contributed by atoms with Crippen LogP contribution in [-0.4, -0.2) is 9.97 Å². The van der Waals surface area contributed by atoms with Gasteiger partial charge in [-0.25, -0.2) is 4.98 Å². The molecule has 0 saturated heterocycles. The van der Waals surface area contributed by atoms with E-state index in [2.05, 4.69) is 34.2 Å². The fourth-order valence-corrected chi connectivity index (χ4v) is 2.90. The second-order valence-electron chi connectivity index (χ2n) is 5.42. The van der Waals surface area contributed by atoms with Gasteiger partial charge in [0, 0.05) is 29.9 Å². The molecule has 100 valence electrons. The number of rotatable bonds is 3. The molecule has 1 aliphatic carbocycles. The molecule has 0 amide bonds. The van der Waals surface area contributed by atoms with Crippen molar-refractivity contribution in [1.29, 1.82) is 0 Å². The molecule has 0 atom stereocenters. The van der Waals surface area contributed by atoms with E-state index in [9.17, 15) is 0 Å². The molecule has 3 heteroatoms. The molecule has 0 bridgehead atoms. The molecule has 3 N–H and O–H groups in total. The number of nitrogens with zero attached hydrogens (tertiary/aromatic N) is 1. The molecule has 1 aliphatic rings. The van der Waals surface area contributed by atoms with Crippen molar-refractivity contribution < 1.29 is 0 Å². The van der Waals surface area contributed by atoms with Gasteiger partial charge in [0.05, 0.1) is 0 Å². The van der Waals surface area contributed by atoms with E-state index >= 15 is 0 Å². The maximum Gasteiger partial charge on any atom is 0.137 e. The van der Waals surface area contributed by atoms with E-state index in [0.717, 1.165) is 17.0 Å². The van der Waals surface area contributed by atoms with Crippen molar-refractivity contribution in [3.05, 3.63) is 41.7 Å². The standard InChI is InChI=1S/C16H21N3/c17-10-12-6-8-14(9-7-12)16-18-11-15(19-16)13-4-2-1-3-5-13/h6-9,11,13H,1-5,10,17H2,(H,18,19). The van der Waals surface area contributed by atoms with Crippen molar-refractivity contribution in [2.75, 3.05) is 0 Å². The number of hydrogen-bond acceptors (Lipinski definition) is 2. The third-order valence-corrected chi connectivity index (χ3v) is 4.10. The Hall–Kier alpha value is -1.61. The van der Waals surface area contributed by atoms with Gasteiger partial charge < -0.3 is 10.7 Å². The Morgan fingerprint density at radius 2 is 1.84 bits per heavy atom. The molecule has 19 heavy (non-hydrogen) atoms. The maximum atomic E-state index is 5.62. The Morgan fingerprint density at radius 1 is 1.11 bits per heavy atom. The topological polar surface area (TPSA) is 54.7 Å². The van der Waals surface area contributed by atoms with Crippen molar-refractivity contribution in [1.82, 2.24) is 9.97 Å². The number of hydrogen-bond donors (Lipinski definition) is 2. The zero-order valence-corrected chi connectivity index (χ0v) is 11.2.